The number of thiophene rings is 1. The molecule has 5 heteroatoms. The predicted octanol–water partition coefficient (Wildman–Crippen LogP) is 3.44. The maximum absolute atomic E-state index is 5.91. The van der Waals surface area contributed by atoms with E-state index in [4.69, 9.17) is 5.73 Å². The molecule has 0 amide bonds. The molecule has 1 fully saturated rings. The van der Waals surface area contributed by atoms with Gasteiger partial charge in [0.15, 0.2) is 0 Å². The van der Waals surface area contributed by atoms with Crippen molar-refractivity contribution < 1.29 is 0 Å². The Morgan fingerprint density at radius 2 is 2.00 bits per heavy atom. The molecule has 3 aromatic rings. The van der Waals surface area contributed by atoms with Crippen LogP contribution in [0.25, 0.3) is 10.9 Å². The molecule has 2 N–H and O–H groups in total. The number of nitrogens with zero attached hydrogens (tertiary/aromatic N) is 3. The average molecular weight is 296 g/mol. The molecule has 0 unspecified atom stereocenters. The third-order valence-electron chi connectivity index (χ3n) is 3.77. The molecular formula is C16H16N4S. The molecule has 2 heterocycles. The first kappa shape index (κ1) is 12.6. The zero-order valence-electron chi connectivity index (χ0n) is 11.6. The van der Waals surface area contributed by atoms with Crippen LogP contribution in [0, 0.1) is 0 Å². The van der Waals surface area contributed by atoms with Gasteiger partial charge in [-0.05, 0) is 36.4 Å². The van der Waals surface area contributed by atoms with Crippen LogP contribution in [0.3, 0.4) is 0 Å². The highest BCUT2D eigenvalue weighted by atomic mass is 32.1. The number of nitrogen functional groups attached to an aromatic ring is 1. The molecule has 1 aromatic carbocycles. The normalized spacial score (nSPS) is 14.5. The van der Waals surface area contributed by atoms with Crippen LogP contribution in [0.15, 0.2) is 41.8 Å². The first-order valence-electron chi connectivity index (χ1n) is 7.12. The number of para-hydroxylation sites is 1. The fourth-order valence-corrected chi connectivity index (χ4v) is 3.33. The lowest BCUT2D eigenvalue weighted by molar-refractivity contribution is 0.790. The number of hydrogen-bond donors (Lipinski definition) is 1. The monoisotopic (exact) mass is 296 g/mol. The van der Waals surface area contributed by atoms with Crippen molar-refractivity contribution in [1.29, 1.82) is 0 Å². The van der Waals surface area contributed by atoms with Gasteiger partial charge in [0.2, 0.25) is 5.95 Å². The molecule has 0 bridgehead atoms. The Hall–Kier alpha value is -2.14. The lowest BCUT2D eigenvalue weighted by atomic mass is 10.2. The Morgan fingerprint density at radius 3 is 2.76 bits per heavy atom. The molecule has 0 radical (unpaired) electrons. The fraction of sp³-hybridized carbons (Fsp3) is 0.250. The smallest absolute Gasteiger partial charge is 0.222 e. The summed E-state index contributed by atoms with van der Waals surface area (Å²) in [6, 6.07) is 12.9. The Balaban J connectivity index is 1.82. The summed E-state index contributed by atoms with van der Waals surface area (Å²) in [7, 11) is 0. The maximum Gasteiger partial charge on any atom is 0.222 e. The van der Waals surface area contributed by atoms with Crippen LogP contribution >= 0.6 is 11.3 Å². The highest BCUT2D eigenvalue weighted by Gasteiger charge is 2.31. The Labute approximate surface area is 127 Å². The third-order valence-corrected chi connectivity index (χ3v) is 4.63. The summed E-state index contributed by atoms with van der Waals surface area (Å²) < 4.78 is 0. The fourth-order valence-electron chi connectivity index (χ4n) is 2.63. The summed E-state index contributed by atoms with van der Waals surface area (Å²) in [4.78, 5) is 12.6. The van der Waals surface area contributed by atoms with Crippen LogP contribution in [0.1, 0.15) is 17.7 Å². The molecule has 4 nitrogen and oxygen atoms in total. The number of hydrogen-bond acceptors (Lipinski definition) is 5. The molecule has 1 aliphatic carbocycles. The molecular weight excluding hydrogens is 280 g/mol. The van der Waals surface area contributed by atoms with Gasteiger partial charge in [-0.15, -0.1) is 11.3 Å². The van der Waals surface area contributed by atoms with Crippen molar-refractivity contribution in [1.82, 2.24) is 9.97 Å². The Bertz CT molecular complexity index is 765. The molecule has 2 aromatic heterocycles. The van der Waals surface area contributed by atoms with E-state index < -0.39 is 0 Å². The second-order valence-electron chi connectivity index (χ2n) is 5.36. The van der Waals surface area contributed by atoms with Crippen molar-refractivity contribution in [2.75, 3.05) is 10.6 Å². The zero-order valence-corrected chi connectivity index (χ0v) is 12.4. The molecule has 0 aliphatic heterocycles. The lowest BCUT2D eigenvalue weighted by Gasteiger charge is -2.24. The minimum atomic E-state index is 0.348. The van der Waals surface area contributed by atoms with Crippen molar-refractivity contribution >= 4 is 34.0 Å². The van der Waals surface area contributed by atoms with Gasteiger partial charge in [-0.2, -0.15) is 4.98 Å². The molecule has 1 saturated carbocycles. The van der Waals surface area contributed by atoms with Crippen molar-refractivity contribution in [2.24, 2.45) is 0 Å². The summed E-state index contributed by atoms with van der Waals surface area (Å²) in [5, 5.41) is 3.20. The van der Waals surface area contributed by atoms with Gasteiger partial charge in [0.25, 0.3) is 0 Å². The lowest BCUT2D eigenvalue weighted by Crippen LogP contribution is -2.26. The first-order valence-corrected chi connectivity index (χ1v) is 8.00. The summed E-state index contributed by atoms with van der Waals surface area (Å²) in [5.74, 6) is 1.31. The largest absolute Gasteiger partial charge is 0.368 e. The summed E-state index contributed by atoms with van der Waals surface area (Å²) in [6.07, 6.45) is 2.45. The number of benzene rings is 1. The van der Waals surface area contributed by atoms with Gasteiger partial charge in [-0.25, -0.2) is 4.98 Å². The molecule has 4 rings (SSSR count). The zero-order chi connectivity index (χ0) is 14.2. The van der Waals surface area contributed by atoms with Gasteiger partial charge in [0.05, 0.1) is 12.1 Å². The Morgan fingerprint density at radius 1 is 1.14 bits per heavy atom. The summed E-state index contributed by atoms with van der Waals surface area (Å²) in [6.45, 7) is 0.892. The minimum Gasteiger partial charge on any atom is -0.368 e. The third kappa shape index (κ3) is 2.45. The number of rotatable bonds is 4. The van der Waals surface area contributed by atoms with Crippen LogP contribution in [-0.2, 0) is 6.54 Å². The first-order chi connectivity index (χ1) is 10.3. The van der Waals surface area contributed by atoms with E-state index in [0.29, 0.717) is 12.0 Å². The van der Waals surface area contributed by atoms with Gasteiger partial charge in [0.1, 0.15) is 5.82 Å². The van der Waals surface area contributed by atoms with E-state index in [1.54, 1.807) is 11.3 Å². The van der Waals surface area contributed by atoms with Gasteiger partial charge in [0, 0.05) is 16.3 Å². The second-order valence-corrected chi connectivity index (χ2v) is 6.39. The maximum atomic E-state index is 5.91. The van der Waals surface area contributed by atoms with Crippen molar-refractivity contribution in [3.8, 4) is 0 Å². The second kappa shape index (κ2) is 5.00. The van der Waals surface area contributed by atoms with Gasteiger partial charge in [-0.3, -0.25) is 0 Å². The van der Waals surface area contributed by atoms with Crippen molar-refractivity contribution in [3.05, 3.63) is 46.7 Å². The Kier molecular flexibility index (Phi) is 3.00. The molecule has 21 heavy (non-hydrogen) atoms. The molecule has 0 saturated heterocycles. The van der Waals surface area contributed by atoms with Crippen LogP contribution in [-0.4, -0.2) is 16.0 Å². The van der Waals surface area contributed by atoms with Crippen molar-refractivity contribution in [2.45, 2.75) is 25.4 Å². The standard InChI is InChI=1S/C16H16N4S/c17-16-18-14-6-2-1-5-13(14)15(19-16)20(11-7-8-11)10-12-4-3-9-21-12/h1-6,9,11H,7-8,10H2,(H2,17,18,19). The van der Waals surface area contributed by atoms with Gasteiger partial charge >= 0.3 is 0 Å². The molecule has 1 aliphatic rings. The molecule has 106 valence electrons. The predicted molar refractivity (Wildman–Crippen MR) is 87.5 cm³/mol. The SMILES string of the molecule is Nc1nc(N(Cc2cccs2)C2CC2)c2ccccc2n1. The number of fused-ring (bicyclic) bond motifs is 1. The van der Waals surface area contributed by atoms with Gasteiger partial charge in [-0.1, -0.05) is 18.2 Å². The van der Waals surface area contributed by atoms with E-state index in [1.165, 1.54) is 17.7 Å². The quantitative estimate of drug-likeness (QED) is 0.801. The number of aromatic nitrogens is 2. The summed E-state index contributed by atoms with van der Waals surface area (Å²) >= 11 is 1.78. The van der Waals surface area contributed by atoms with E-state index >= 15 is 0 Å². The average Bonchev–Trinajstić information content (AvgIpc) is 3.20. The van der Waals surface area contributed by atoms with E-state index in [9.17, 15) is 0 Å². The minimum absolute atomic E-state index is 0.348. The van der Waals surface area contributed by atoms with E-state index in [0.717, 1.165) is 23.3 Å². The molecule has 0 atom stereocenters. The van der Waals surface area contributed by atoms with E-state index in [-0.39, 0.29) is 0 Å². The van der Waals surface area contributed by atoms with Crippen molar-refractivity contribution in [3.63, 3.8) is 0 Å². The molecule has 0 spiro atoms. The topological polar surface area (TPSA) is 55.0 Å². The van der Waals surface area contributed by atoms with Crippen LogP contribution in [0.4, 0.5) is 11.8 Å². The van der Waals surface area contributed by atoms with Crippen LogP contribution < -0.4 is 10.6 Å². The number of anilines is 2. The van der Waals surface area contributed by atoms with Gasteiger partial charge < -0.3 is 10.6 Å². The van der Waals surface area contributed by atoms with E-state index in [1.807, 2.05) is 18.2 Å². The van der Waals surface area contributed by atoms with Crippen LogP contribution in [0.2, 0.25) is 0 Å². The van der Waals surface area contributed by atoms with E-state index in [2.05, 4.69) is 38.4 Å². The highest BCUT2D eigenvalue weighted by molar-refractivity contribution is 7.09. The number of nitrogens with two attached hydrogens (primary N) is 1. The summed E-state index contributed by atoms with van der Waals surface area (Å²) in [5.41, 5.74) is 6.82. The van der Waals surface area contributed by atoms with Crippen LogP contribution in [0.5, 0.6) is 0 Å². The highest BCUT2D eigenvalue weighted by Crippen LogP contribution is 2.36.